The molecule has 2 N–H and O–H groups in total. The number of carbonyl (C=O) groups is 2. The number of hydrogen-bond donors (Lipinski definition) is 2. The van der Waals surface area contributed by atoms with Crippen LogP contribution in [0.4, 0.5) is 5.69 Å². The van der Waals surface area contributed by atoms with Crippen molar-refractivity contribution < 1.29 is 24.5 Å². The Kier molecular flexibility index (Phi) is 6.29. The van der Waals surface area contributed by atoms with Crippen LogP contribution in [0.1, 0.15) is 22.8 Å². The van der Waals surface area contributed by atoms with E-state index >= 15 is 0 Å². The number of aromatic carboxylic acids is 1. The number of carboxylic acid groups (broad SMARTS) is 1. The molecular weight excluding hydrogens is 460 g/mol. The number of aromatic hydroxyl groups is 1. The third-order valence-corrected chi connectivity index (χ3v) is 5.52. The minimum Gasteiger partial charge on any atom is -0.504 e. The van der Waals surface area contributed by atoms with Gasteiger partial charge in [-0.1, -0.05) is 15.9 Å². The first-order chi connectivity index (χ1) is 13.8. The quantitative estimate of drug-likeness (QED) is 0.616. The molecule has 0 aromatic heterocycles. The van der Waals surface area contributed by atoms with Crippen LogP contribution in [0.25, 0.3) is 6.08 Å². The van der Waals surface area contributed by atoms with E-state index < -0.39 is 5.97 Å². The van der Waals surface area contributed by atoms with Crippen LogP contribution in [0.2, 0.25) is 0 Å². The molecule has 0 bridgehead atoms. The predicted molar refractivity (Wildman–Crippen MR) is 116 cm³/mol. The number of nitrogens with zero attached hydrogens (tertiary/aromatic N) is 2. The topological polar surface area (TPSA) is 99.4 Å². The lowest BCUT2D eigenvalue weighted by molar-refractivity contribution is -0.121. The molecule has 1 heterocycles. The highest BCUT2D eigenvalue weighted by atomic mass is 79.9. The van der Waals surface area contributed by atoms with Gasteiger partial charge in [0.25, 0.3) is 5.91 Å². The molecule has 0 radical (unpaired) electrons. The summed E-state index contributed by atoms with van der Waals surface area (Å²) in [6, 6.07) is 9.41. The van der Waals surface area contributed by atoms with Crippen molar-refractivity contribution in [3.63, 3.8) is 0 Å². The second-order valence-electron chi connectivity index (χ2n) is 6.00. The van der Waals surface area contributed by atoms with Crippen LogP contribution in [0, 0.1) is 0 Å². The van der Waals surface area contributed by atoms with Crippen LogP contribution in [0.5, 0.6) is 11.5 Å². The summed E-state index contributed by atoms with van der Waals surface area (Å²) < 4.78 is 6.13. The first-order valence-electron chi connectivity index (χ1n) is 8.55. The van der Waals surface area contributed by atoms with Crippen molar-refractivity contribution >= 4 is 56.5 Å². The number of ether oxygens (including phenoxy) is 1. The molecule has 7 nitrogen and oxygen atoms in total. The molecule has 150 valence electrons. The summed E-state index contributed by atoms with van der Waals surface area (Å²) in [5.41, 5.74) is 1.13. The second kappa shape index (κ2) is 8.71. The van der Waals surface area contributed by atoms with Crippen molar-refractivity contribution in [2.24, 2.45) is 4.99 Å². The molecule has 29 heavy (non-hydrogen) atoms. The summed E-state index contributed by atoms with van der Waals surface area (Å²) in [5, 5.41) is 19.8. The molecule has 0 saturated carbocycles. The number of amidine groups is 1. The third-order valence-electron chi connectivity index (χ3n) is 4.00. The molecule has 1 saturated heterocycles. The Labute approximate surface area is 179 Å². The first-order valence-corrected chi connectivity index (χ1v) is 10.2. The number of hydrogen-bond acceptors (Lipinski definition) is 6. The molecule has 0 unspecified atom stereocenters. The zero-order chi connectivity index (χ0) is 21.1. The summed E-state index contributed by atoms with van der Waals surface area (Å²) in [6.45, 7) is 2.21. The minimum absolute atomic E-state index is 0.0479. The lowest BCUT2D eigenvalue weighted by Gasteiger charge is -2.09. The van der Waals surface area contributed by atoms with Gasteiger partial charge in [0.05, 0.1) is 22.8 Å². The molecule has 0 aliphatic carbocycles. The standard InChI is InChI=1S/C20H17BrN2O5S/c1-3-28-15-10-13(21)8-12(17(15)24)9-16-18(25)23(2)20(29-16)22-14-6-4-11(5-7-14)19(26)27/h4-10,24H,3H2,1-2H3,(H,26,27). The van der Waals surface area contributed by atoms with Crippen LogP contribution in [0.15, 0.2) is 50.8 Å². The second-order valence-corrected chi connectivity index (χ2v) is 7.92. The van der Waals surface area contributed by atoms with Crippen LogP contribution in [-0.2, 0) is 4.79 Å². The highest BCUT2D eigenvalue weighted by molar-refractivity contribution is 9.10. The minimum atomic E-state index is -1.02. The molecule has 0 spiro atoms. The Morgan fingerprint density at radius 2 is 2.00 bits per heavy atom. The van der Waals surface area contributed by atoms with Crippen molar-refractivity contribution in [2.45, 2.75) is 6.92 Å². The van der Waals surface area contributed by atoms with E-state index in [0.29, 0.717) is 38.2 Å². The van der Waals surface area contributed by atoms with Gasteiger partial charge in [-0.3, -0.25) is 9.69 Å². The van der Waals surface area contributed by atoms with Gasteiger partial charge < -0.3 is 14.9 Å². The van der Waals surface area contributed by atoms with Gasteiger partial charge in [-0.25, -0.2) is 9.79 Å². The Morgan fingerprint density at radius 1 is 1.31 bits per heavy atom. The van der Waals surface area contributed by atoms with Gasteiger partial charge in [-0.05, 0) is 61.2 Å². The monoisotopic (exact) mass is 476 g/mol. The van der Waals surface area contributed by atoms with Gasteiger partial charge in [0.15, 0.2) is 16.7 Å². The van der Waals surface area contributed by atoms with Crippen LogP contribution >= 0.6 is 27.7 Å². The van der Waals surface area contributed by atoms with Crippen LogP contribution in [-0.4, -0.2) is 45.8 Å². The molecular formula is C20H17BrN2O5S. The van der Waals surface area contributed by atoms with Gasteiger partial charge in [0, 0.05) is 17.1 Å². The number of aliphatic imine (C=N–C) groups is 1. The predicted octanol–water partition coefficient (Wildman–Crippen LogP) is 4.49. The number of halogens is 1. The fraction of sp³-hybridized carbons (Fsp3) is 0.150. The average Bonchev–Trinajstić information content (AvgIpc) is 2.94. The Hall–Kier alpha value is -2.78. The number of amides is 1. The van der Waals surface area contributed by atoms with E-state index in [1.165, 1.54) is 17.0 Å². The normalized spacial score (nSPS) is 16.7. The fourth-order valence-corrected chi connectivity index (χ4v) is 3.98. The van der Waals surface area contributed by atoms with Crippen LogP contribution < -0.4 is 4.74 Å². The number of carboxylic acids is 1. The molecule has 9 heteroatoms. The smallest absolute Gasteiger partial charge is 0.335 e. The number of rotatable bonds is 5. The Bertz CT molecular complexity index is 1030. The number of thioether (sulfide) groups is 1. The summed E-state index contributed by atoms with van der Waals surface area (Å²) in [5.74, 6) is -0.997. The highest BCUT2D eigenvalue weighted by Gasteiger charge is 2.30. The molecule has 2 aromatic carbocycles. The fourth-order valence-electron chi connectivity index (χ4n) is 2.55. The van der Waals surface area contributed by atoms with E-state index in [2.05, 4.69) is 20.9 Å². The van der Waals surface area contributed by atoms with Gasteiger partial charge in [0.1, 0.15) is 0 Å². The summed E-state index contributed by atoms with van der Waals surface area (Å²) >= 11 is 4.54. The lowest BCUT2D eigenvalue weighted by Crippen LogP contribution is -2.23. The van der Waals surface area contributed by atoms with E-state index in [-0.39, 0.29) is 17.2 Å². The van der Waals surface area contributed by atoms with Crippen molar-refractivity contribution in [1.29, 1.82) is 0 Å². The maximum absolute atomic E-state index is 12.6. The van der Waals surface area contributed by atoms with Crippen molar-refractivity contribution in [3.05, 3.63) is 56.9 Å². The third kappa shape index (κ3) is 4.63. The molecule has 3 rings (SSSR count). The van der Waals surface area contributed by atoms with Crippen molar-refractivity contribution in [1.82, 2.24) is 4.90 Å². The molecule has 0 atom stereocenters. The maximum Gasteiger partial charge on any atom is 0.335 e. The van der Waals surface area contributed by atoms with E-state index in [1.54, 1.807) is 37.4 Å². The van der Waals surface area contributed by atoms with Gasteiger partial charge >= 0.3 is 5.97 Å². The first kappa shape index (κ1) is 20.9. The Morgan fingerprint density at radius 3 is 2.62 bits per heavy atom. The summed E-state index contributed by atoms with van der Waals surface area (Å²) in [4.78, 5) is 29.8. The van der Waals surface area contributed by atoms with Gasteiger partial charge in [-0.15, -0.1) is 0 Å². The van der Waals surface area contributed by atoms with Crippen molar-refractivity contribution in [2.75, 3.05) is 13.7 Å². The number of benzene rings is 2. The number of phenols is 1. The van der Waals surface area contributed by atoms with E-state index in [1.807, 2.05) is 6.92 Å². The van der Waals surface area contributed by atoms with E-state index in [4.69, 9.17) is 9.84 Å². The Balaban J connectivity index is 1.91. The SMILES string of the molecule is CCOc1cc(Br)cc(C=C2SC(=Nc3ccc(C(=O)O)cc3)N(C)C2=O)c1O. The maximum atomic E-state index is 12.6. The number of carbonyl (C=O) groups excluding carboxylic acids is 1. The number of likely N-dealkylation sites (N-methyl/N-ethyl adjacent to an activating group) is 1. The van der Waals surface area contributed by atoms with Crippen molar-refractivity contribution in [3.8, 4) is 11.5 Å². The zero-order valence-corrected chi connectivity index (χ0v) is 18.0. The van der Waals surface area contributed by atoms with E-state index in [9.17, 15) is 14.7 Å². The van der Waals surface area contributed by atoms with Gasteiger partial charge in [-0.2, -0.15) is 0 Å². The lowest BCUT2D eigenvalue weighted by atomic mass is 10.1. The van der Waals surface area contributed by atoms with Gasteiger partial charge in [0.2, 0.25) is 0 Å². The summed E-state index contributed by atoms with van der Waals surface area (Å²) in [7, 11) is 1.60. The molecule has 1 aliphatic heterocycles. The molecule has 2 aromatic rings. The summed E-state index contributed by atoms with van der Waals surface area (Å²) in [6.07, 6.45) is 1.59. The van der Waals surface area contributed by atoms with Crippen LogP contribution in [0.3, 0.4) is 0 Å². The largest absolute Gasteiger partial charge is 0.504 e. The zero-order valence-electron chi connectivity index (χ0n) is 15.5. The molecule has 1 amide bonds. The highest BCUT2D eigenvalue weighted by Crippen LogP contribution is 2.39. The molecule has 1 fully saturated rings. The average molecular weight is 477 g/mol. The molecule has 1 aliphatic rings. The van der Waals surface area contributed by atoms with E-state index in [0.717, 1.165) is 11.8 Å². The number of phenolic OH excluding ortho intramolecular Hbond substituents is 1.